The zero-order chi connectivity index (χ0) is 86.4. The van der Waals surface area contributed by atoms with Crippen LogP contribution in [-0.4, -0.2) is 0 Å². The van der Waals surface area contributed by atoms with Gasteiger partial charge < -0.3 is 0 Å². The van der Waals surface area contributed by atoms with Crippen molar-refractivity contribution in [3.05, 3.63) is 485 Å². The summed E-state index contributed by atoms with van der Waals surface area (Å²) in [6.45, 7) is 0. The van der Waals surface area contributed by atoms with Crippen LogP contribution in [0, 0.1) is 0 Å². The van der Waals surface area contributed by atoms with Gasteiger partial charge in [0.1, 0.15) is 0 Å². The summed E-state index contributed by atoms with van der Waals surface area (Å²) in [5.74, 6) is 0. The molecule has 0 aliphatic carbocycles. The van der Waals surface area contributed by atoms with Crippen molar-refractivity contribution in [1.82, 2.24) is 0 Å². The predicted octanol–water partition coefficient (Wildman–Crippen LogP) is 38.1. The number of fused-ring (bicyclic) bond motifs is 17. The van der Waals surface area contributed by atoms with E-state index in [4.69, 9.17) is 0 Å². The van der Waals surface area contributed by atoms with Crippen LogP contribution in [0.15, 0.2) is 485 Å². The first-order valence-corrected chi connectivity index (χ1v) is 47.4. The van der Waals surface area contributed by atoms with Gasteiger partial charge in [0.2, 0.25) is 0 Å². The molecule has 0 atom stereocenters. The van der Waals surface area contributed by atoms with Gasteiger partial charge in [-0.3, -0.25) is 0 Å². The molecule has 0 radical (unpaired) electrons. The van der Waals surface area contributed by atoms with Crippen molar-refractivity contribution in [2.75, 3.05) is 0 Å². The molecule has 0 saturated heterocycles. The highest BCUT2D eigenvalue weighted by molar-refractivity contribution is 7.26. The van der Waals surface area contributed by atoms with E-state index < -0.39 is 0 Å². The van der Waals surface area contributed by atoms with Gasteiger partial charge in [-0.25, -0.2) is 0 Å². The molecule has 131 heavy (non-hydrogen) atoms. The van der Waals surface area contributed by atoms with E-state index in [9.17, 15) is 0 Å². The Morgan fingerprint density at radius 1 is 0.0916 bits per heavy atom. The predicted molar refractivity (Wildman–Crippen MR) is 572 cm³/mol. The average Bonchev–Trinajstić information content (AvgIpc) is 1.01. The molecule has 0 unspecified atom stereocenters. The molecule has 3 heteroatoms. The van der Waals surface area contributed by atoms with Gasteiger partial charge in [0, 0.05) is 60.5 Å². The number of thiophene rings is 3. The fourth-order valence-corrected chi connectivity index (χ4v) is 24.4. The first-order valence-electron chi connectivity index (χ1n) is 45.0. The van der Waals surface area contributed by atoms with E-state index in [1.807, 2.05) is 34.0 Å². The summed E-state index contributed by atoms with van der Waals surface area (Å²) in [6, 6.07) is 178. The maximum atomic E-state index is 2.45. The van der Waals surface area contributed by atoms with Crippen LogP contribution in [0.5, 0.6) is 0 Å². The summed E-state index contributed by atoms with van der Waals surface area (Å²) >= 11 is 5.63. The number of rotatable bonds is 10. The molecule has 0 nitrogen and oxygen atoms in total. The highest BCUT2D eigenvalue weighted by Crippen LogP contribution is 2.54. The standard InChI is InChI=1S/C52H34.C44H26S2.C32H20S/c1-3-19-35(20-4-1)37-23-7-9-25-39(37)49-41-27-11-15-31-45(41)51(46-32-16-12-28-42(46)49)52-47-33-17-13-29-43(47)50(44-30-14-18-34-48(44)52)40-26-10-8-24-38(40)36-21-5-2-6-22-36;1-2-10-27(11-3-1)44-34-16-8-14-30(28-20-22-42-38(24-28)32-12-4-6-18-40(32)45-42)36(34)26-37-31(15-9-17-35(37)44)29-21-23-43-39(25-29)33-13-5-7-19-41(33)46-43;1-2-10-21(11-3-1)31-25-13-4-6-15-27(25)32(28-16-7-5-14-26(28)31)22-18-19-24-23-12-8-9-17-29(23)33-30(24)20-22/h1-34H;1-26H;1-20H. The highest BCUT2D eigenvalue weighted by atomic mass is 32.1. The van der Waals surface area contributed by atoms with E-state index in [0.29, 0.717) is 0 Å². The topological polar surface area (TPSA) is 0 Å². The normalized spacial score (nSPS) is 11.7. The zero-order valence-corrected chi connectivity index (χ0v) is 73.9. The summed E-state index contributed by atoms with van der Waals surface area (Å²) in [4.78, 5) is 0. The molecule has 3 aromatic heterocycles. The fraction of sp³-hybridized carbons (Fsp3) is 0. The molecular formula is C128H80S3. The van der Waals surface area contributed by atoms with Gasteiger partial charge >= 0.3 is 0 Å². The van der Waals surface area contributed by atoms with Crippen molar-refractivity contribution in [2.24, 2.45) is 0 Å². The van der Waals surface area contributed by atoms with E-state index in [2.05, 4.69) is 485 Å². The van der Waals surface area contributed by atoms with E-state index in [-0.39, 0.29) is 0 Å². The van der Waals surface area contributed by atoms with Crippen molar-refractivity contribution in [1.29, 1.82) is 0 Å². The van der Waals surface area contributed by atoms with Gasteiger partial charge in [-0.2, -0.15) is 0 Å². The van der Waals surface area contributed by atoms with Gasteiger partial charge in [0.05, 0.1) is 0 Å². The minimum atomic E-state index is 1.22. The molecule has 0 fully saturated rings. The molecule has 0 N–H and O–H groups in total. The number of hydrogen-bond acceptors (Lipinski definition) is 3. The molecule has 0 saturated carbocycles. The molecule has 0 aliphatic rings. The van der Waals surface area contributed by atoms with E-state index >= 15 is 0 Å². The largest absolute Gasteiger partial charge is 0.135 e. The number of hydrogen-bond donors (Lipinski definition) is 0. The second kappa shape index (κ2) is 32.7. The van der Waals surface area contributed by atoms with E-state index in [0.717, 1.165) is 0 Å². The summed E-state index contributed by atoms with van der Waals surface area (Å²) in [5, 5.41) is 28.4. The van der Waals surface area contributed by atoms with Crippen LogP contribution in [0.1, 0.15) is 0 Å². The first kappa shape index (κ1) is 77.4. The second-order valence-corrected chi connectivity index (χ2v) is 37.3. The van der Waals surface area contributed by atoms with Crippen molar-refractivity contribution in [2.45, 2.75) is 0 Å². The third kappa shape index (κ3) is 13.3. The molecule has 3 heterocycles. The van der Waals surface area contributed by atoms with Crippen LogP contribution in [0.25, 0.3) is 258 Å². The average molecular weight is 1710 g/mol. The first-order chi connectivity index (χ1) is 65.0. The van der Waals surface area contributed by atoms with E-state index in [1.54, 1.807) is 0 Å². The lowest BCUT2D eigenvalue weighted by Gasteiger charge is -2.23. The van der Waals surface area contributed by atoms with Crippen molar-refractivity contribution in [3.8, 4) is 111 Å². The zero-order valence-electron chi connectivity index (χ0n) is 71.4. The Bertz CT molecular complexity index is 8670. The smallest absolute Gasteiger partial charge is 0.0361 e. The molecule has 0 aliphatic heterocycles. The Morgan fingerprint density at radius 3 is 0.679 bits per heavy atom. The van der Waals surface area contributed by atoms with Gasteiger partial charge in [-0.05, 0) is 252 Å². The van der Waals surface area contributed by atoms with Crippen LogP contribution in [0.2, 0.25) is 0 Å². The monoisotopic (exact) mass is 1710 g/mol. The fourth-order valence-electron chi connectivity index (χ4n) is 21.1. The summed E-state index contributed by atoms with van der Waals surface area (Å²) in [7, 11) is 0. The van der Waals surface area contributed by atoms with E-state index in [1.165, 1.54) is 258 Å². The van der Waals surface area contributed by atoms with Crippen molar-refractivity contribution < 1.29 is 0 Å². The summed E-state index contributed by atoms with van der Waals surface area (Å²) in [5.41, 5.74) is 25.3. The van der Waals surface area contributed by atoms with Crippen LogP contribution in [0.4, 0.5) is 0 Å². The quantitative estimate of drug-likeness (QED) is 0.120. The Kier molecular flexibility index (Phi) is 19.3. The molecule has 610 valence electrons. The maximum absolute atomic E-state index is 2.45. The Balaban J connectivity index is 0.000000108. The summed E-state index contributed by atoms with van der Waals surface area (Å²) in [6.07, 6.45) is 0. The van der Waals surface area contributed by atoms with Gasteiger partial charge in [0.25, 0.3) is 0 Å². The Labute approximate surface area is 771 Å². The molecule has 27 aromatic rings. The van der Waals surface area contributed by atoms with Gasteiger partial charge in [-0.15, -0.1) is 34.0 Å². The molecule has 27 rings (SSSR count). The van der Waals surface area contributed by atoms with Gasteiger partial charge in [0.15, 0.2) is 0 Å². The molecule has 0 amide bonds. The second-order valence-electron chi connectivity index (χ2n) is 34.1. The van der Waals surface area contributed by atoms with Crippen LogP contribution in [-0.2, 0) is 0 Å². The Morgan fingerprint density at radius 2 is 0.321 bits per heavy atom. The SMILES string of the molecule is c1ccc(-c2c3cccc(-c4ccc5sc6ccccc6c5c4)c3cc3c(-c4ccc5sc6ccccc6c5c4)cccc23)cc1.c1ccc(-c2c3ccccc3c(-c3ccc4c(c3)sc3ccccc34)c3ccccc23)cc1.c1ccc(-c2ccccc2-c2c3ccccc3c(-c3c4ccccc4c(-c4ccccc4-c4ccccc4)c4ccccc34)c3ccccc23)cc1. The van der Waals surface area contributed by atoms with Crippen LogP contribution in [0.3, 0.4) is 0 Å². The van der Waals surface area contributed by atoms with Crippen LogP contribution >= 0.6 is 34.0 Å². The minimum Gasteiger partial charge on any atom is -0.135 e. The molecule has 24 aromatic carbocycles. The lowest BCUT2D eigenvalue weighted by Crippen LogP contribution is -1.96. The third-order valence-electron chi connectivity index (χ3n) is 26.8. The van der Waals surface area contributed by atoms with Crippen LogP contribution < -0.4 is 0 Å². The molecule has 0 spiro atoms. The highest BCUT2D eigenvalue weighted by Gasteiger charge is 2.27. The maximum Gasteiger partial charge on any atom is 0.0361 e. The minimum absolute atomic E-state index is 1.22. The third-order valence-corrected chi connectivity index (χ3v) is 30.3. The molecule has 0 bridgehead atoms. The van der Waals surface area contributed by atoms with Crippen molar-refractivity contribution >= 4 is 181 Å². The van der Waals surface area contributed by atoms with Gasteiger partial charge in [-0.1, -0.05) is 431 Å². The van der Waals surface area contributed by atoms with Crippen molar-refractivity contribution in [3.63, 3.8) is 0 Å². The number of benzene rings is 24. The lowest BCUT2D eigenvalue weighted by molar-refractivity contribution is 1.60. The Hall–Kier alpha value is -16.0. The summed E-state index contributed by atoms with van der Waals surface area (Å²) < 4.78 is 8.03. The molecular weight excluding hydrogens is 1630 g/mol. The lowest BCUT2D eigenvalue weighted by atomic mass is 9.79.